The first-order valence-electron chi connectivity index (χ1n) is 10.6. The van der Waals surface area contributed by atoms with Gasteiger partial charge in [0.15, 0.2) is 5.78 Å². The molecular weight excluding hydrogens is 422 g/mol. The molecule has 0 N–H and O–H groups in total. The molecule has 0 spiro atoms. The summed E-state index contributed by atoms with van der Waals surface area (Å²) < 4.78 is 32.5. The van der Waals surface area contributed by atoms with Crippen molar-refractivity contribution in [1.29, 1.82) is 0 Å². The fraction of sp³-hybridized carbons (Fsp3) is 0.192. The van der Waals surface area contributed by atoms with Crippen molar-refractivity contribution in [3.8, 4) is 5.75 Å². The minimum atomic E-state index is -3.47. The second-order valence-corrected chi connectivity index (χ2v) is 9.61. The van der Waals surface area contributed by atoms with Crippen LogP contribution in [-0.2, 0) is 16.6 Å². The van der Waals surface area contributed by atoms with Gasteiger partial charge < -0.3 is 4.74 Å². The Labute approximate surface area is 189 Å². The summed E-state index contributed by atoms with van der Waals surface area (Å²) in [7, 11) is -3.47. The molecule has 32 heavy (non-hydrogen) atoms. The van der Waals surface area contributed by atoms with Gasteiger partial charge in [-0.3, -0.25) is 4.79 Å². The molecule has 3 aromatic carbocycles. The minimum absolute atomic E-state index is 0.181. The standard InChI is InChI=1S/C26H25NO4S/c28-26(23-11-15-25(16-12-23)32(29,30)27-18-4-5-19-27)17-10-21-8-13-24(14-9-21)31-20-22-6-2-1-3-7-22/h1-3,6-17H,4-5,18-20H2. The third-order valence-electron chi connectivity index (χ3n) is 5.40. The summed E-state index contributed by atoms with van der Waals surface area (Å²) >= 11 is 0. The summed E-state index contributed by atoms with van der Waals surface area (Å²) in [6.07, 6.45) is 5.00. The van der Waals surface area contributed by atoms with Crippen LogP contribution in [0.3, 0.4) is 0 Å². The van der Waals surface area contributed by atoms with Crippen molar-refractivity contribution in [2.24, 2.45) is 0 Å². The molecule has 0 amide bonds. The Hall–Kier alpha value is -3.22. The maximum Gasteiger partial charge on any atom is 0.243 e. The summed E-state index contributed by atoms with van der Waals surface area (Å²) in [5.41, 5.74) is 2.42. The number of carbonyl (C=O) groups excluding carboxylic acids is 1. The molecule has 0 unspecified atom stereocenters. The van der Waals surface area contributed by atoms with Gasteiger partial charge >= 0.3 is 0 Å². The first kappa shape index (κ1) is 22.0. The molecule has 1 heterocycles. The van der Waals surface area contributed by atoms with Crippen molar-refractivity contribution < 1.29 is 17.9 Å². The Balaban J connectivity index is 1.35. The Bertz CT molecular complexity index is 1180. The minimum Gasteiger partial charge on any atom is -0.489 e. The van der Waals surface area contributed by atoms with Gasteiger partial charge in [-0.05, 0) is 66.4 Å². The maximum atomic E-state index is 12.6. The Kier molecular flexibility index (Phi) is 6.83. The van der Waals surface area contributed by atoms with E-state index < -0.39 is 10.0 Å². The number of allylic oxidation sites excluding steroid dienone is 1. The van der Waals surface area contributed by atoms with Crippen LogP contribution < -0.4 is 4.74 Å². The molecule has 0 radical (unpaired) electrons. The van der Waals surface area contributed by atoms with Crippen LogP contribution in [0, 0.1) is 0 Å². The smallest absolute Gasteiger partial charge is 0.243 e. The van der Waals surface area contributed by atoms with Gasteiger partial charge in [0.05, 0.1) is 4.90 Å². The number of benzene rings is 3. The van der Waals surface area contributed by atoms with E-state index >= 15 is 0 Å². The first-order valence-corrected chi connectivity index (χ1v) is 12.1. The maximum absolute atomic E-state index is 12.6. The molecule has 1 saturated heterocycles. The van der Waals surface area contributed by atoms with Gasteiger partial charge in [0.25, 0.3) is 0 Å². The quantitative estimate of drug-likeness (QED) is 0.362. The zero-order valence-electron chi connectivity index (χ0n) is 17.7. The van der Waals surface area contributed by atoms with E-state index in [9.17, 15) is 13.2 Å². The number of carbonyl (C=O) groups is 1. The fourth-order valence-electron chi connectivity index (χ4n) is 3.55. The predicted octanol–water partition coefficient (Wildman–Crippen LogP) is 4.95. The number of nitrogens with zero attached hydrogens (tertiary/aromatic N) is 1. The molecule has 3 aromatic rings. The zero-order valence-corrected chi connectivity index (χ0v) is 18.5. The SMILES string of the molecule is O=C(C=Cc1ccc(OCc2ccccc2)cc1)c1ccc(S(=O)(=O)N2CCCC2)cc1. The molecule has 6 heteroatoms. The number of sulfonamides is 1. The Morgan fingerprint density at radius 1 is 0.875 bits per heavy atom. The summed E-state index contributed by atoms with van der Waals surface area (Å²) in [6, 6.07) is 23.6. The summed E-state index contributed by atoms with van der Waals surface area (Å²) in [5, 5.41) is 0. The topological polar surface area (TPSA) is 63.7 Å². The van der Waals surface area contributed by atoms with Crippen LogP contribution in [0.15, 0.2) is 89.8 Å². The fourth-order valence-corrected chi connectivity index (χ4v) is 5.07. The molecule has 0 bridgehead atoms. The zero-order chi connectivity index (χ0) is 22.4. The van der Waals surface area contributed by atoms with Gasteiger partial charge in [0, 0.05) is 18.7 Å². The molecule has 0 aromatic heterocycles. The van der Waals surface area contributed by atoms with E-state index in [1.54, 1.807) is 18.2 Å². The largest absolute Gasteiger partial charge is 0.489 e. The molecule has 0 aliphatic carbocycles. The van der Waals surface area contributed by atoms with Crippen molar-refractivity contribution in [1.82, 2.24) is 4.31 Å². The van der Waals surface area contributed by atoms with Crippen molar-refractivity contribution in [3.05, 3.63) is 102 Å². The molecule has 164 valence electrons. The Morgan fingerprint density at radius 2 is 1.53 bits per heavy atom. The molecule has 1 aliphatic rings. The predicted molar refractivity (Wildman–Crippen MR) is 125 cm³/mol. The van der Waals surface area contributed by atoms with Crippen molar-refractivity contribution >= 4 is 21.9 Å². The molecule has 4 rings (SSSR count). The van der Waals surface area contributed by atoms with E-state index in [2.05, 4.69) is 0 Å². The normalized spacial score (nSPS) is 14.6. The number of hydrogen-bond donors (Lipinski definition) is 0. The lowest BCUT2D eigenvalue weighted by Crippen LogP contribution is -2.27. The van der Waals surface area contributed by atoms with Gasteiger partial charge in [-0.25, -0.2) is 8.42 Å². The van der Waals surface area contributed by atoms with Crippen LogP contribution in [0.2, 0.25) is 0 Å². The van der Waals surface area contributed by atoms with Crippen LogP contribution in [0.4, 0.5) is 0 Å². The lowest BCUT2D eigenvalue weighted by atomic mass is 10.1. The van der Waals surface area contributed by atoms with E-state index in [0.717, 1.165) is 29.7 Å². The lowest BCUT2D eigenvalue weighted by molar-refractivity contribution is 0.104. The van der Waals surface area contributed by atoms with E-state index in [-0.39, 0.29) is 10.7 Å². The average Bonchev–Trinajstić information content (AvgIpc) is 3.39. The van der Waals surface area contributed by atoms with E-state index in [1.807, 2.05) is 54.6 Å². The van der Waals surface area contributed by atoms with Gasteiger partial charge in [-0.2, -0.15) is 4.31 Å². The van der Waals surface area contributed by atoms with E-state index in [4.69, 9.17) is 4.74 Å². The third-order valence-corrected chi connectivity index (χ3v) is 7.31. The average molecular weight is 448 g/mol. The third kappa shape index (κ3) is 5.33. The highest BCUT2D eigenvalue weighted by molar-refractivity contribution is 7.89. The van der Waals surface area contributed by atoms with Gasteiger partial charge in [-0.15, -0.1) is 0 Å². The molecular formula is C26H25NO4S. The van der Waals surface area contributed by atoms with E-state index in [0.29, 0.717) is 25.3 Å². The first-order chi connectivity index (χ1) is 15.5. The van der Waals surface area contributed by atoms with Gasteiger partial charge in [0.2, 0.25) is 10.0 Å². The number of rotatable bonds is 8. The van der Waals surface area contributed by atoms with Crippen LogP contribution in [0.1, 0.15) is 34.3 Å². The van der Waals surface area contributed by atoms with E-state index in [1.165, 1.54) is 22.5 Å². The molecule has 0 atom stereocenters. The summed E-state index contributed by atoms with van der Waals surface area (Å²) in [6.45, 7) is 1.61. The monoisotopic (exact) mass is 447 g/mol. The highest BCUT2D eigenvalue weighted by atomic mass is 32.2. The summed E-state index contributed by atoms with van der Waals surface area (Å²) in [4.78, 5) is 12.7. The van der Waals surface area contributed by atoms with Crippen LogP contribution in [0.25, 0.3) is 6.08 Å². The van der Waals surface area contributed by atoms with Crippen LogP contribution in [-0.4, -0.2) is 31.6 Å². The van der Waals surface area contributed by atoms with Crippen LogP contribution >= 0.6 is 0 Å². The molecule has 1 aliphatic heterocycles. The highest BCUT2D eigenvalue weighted by Gasteiger charge is 2.27. The Morgan fingerprint density at radius 3 is 2.19 bits per heavy atom. The highest BCUT2D eigenvalue weighted by Crippen LogP contribution is 2.21. The van der Waals surface area contributed by atoms with Crippen molar-refractivity contribution in [2.45, 2.75) is 24.3 Å². The summed E-state index contributed by atoms with van der Waals surface area (Å²) in [5.74, 6) is 0.576. The molecule has 0 saturated carbocycles. The van der Waals surface area contributed by atoms with Crippen LogP contribution in [0.5, 0.6) is 5.75 Å². The molecule has 5 nitrogen and oxygen atoms in total. The van der Waals surface area contributed by atoms with Crippen molar-refractivity contribution in [2.75, 3.05) is 13.1 Å². The number of ether oxygens (including phenoxy) is 1. The molecule has 1 fully saturated rings. The van der Waals surface area contributed by atoms with Crippen molar-refractivity contribution in [3.63, 3.8) is 0 Å². The lowest BCUT2D eigenvalue weighted by Gasteiger charge is -2.15. The number of ketones is 1. The van der Waals surface area contributed by atoms with Gasteiger partial charge in [0.1, 0.15) is 12.4 Å². The second kappa shape index (κ2) is 9.94. The second-order valence-electron chi connectivity index (χ2n) is 7.68. The van der Waals surface area contributed by atoms with Gasteiger partial charge in [-0.1, -0.05) is 48.5 Å². The number of hydrogen-bond acceptors (Lipinski definition) is 4.